The Morgan fingerprint density at radius 2 is 1.39 bits per heavy atom. The van der Waals surface area contributed by atoms with Crippen LogP contribution in [0.15, 0.2) is 42.5 Å². The molecule has 3 rings (SSSR count). The van der Waals surface area contributed by atoms with Crippen molar-refractivity contribution in [3.05, 3.63) is 59.2 Å². The minimum atomic E-state index is -0.0999. The summed E-state index contributed by atoms with van der Waals surface area (Å²) >= 11 is 0. The van der Waals surface area contributed by atoms with Gasteiger partial charge in [0.25, 0.3) is 5.91 Å². The van der Waals surface area contributed by atoms with E-state index in [0.29, 0.717) is 54.9 Å². The Kier molecular flexibility index (Phi) is 7.98. The van der Waals surface area contributed by atoms with E-state index < -0.39 is 0 Å². The average Bonchev–Trinajstić information content (AvgIpc) is 2.86. The van der Waals surface area contributed by atoms with Crippen LogP contribution in [0.3, 0.4) is 0 Å². The van der Waals surface area contributed by atoms with Crippen molar-refractivity contribution in [1.82, 2.24) is 9.80 Å². The smallest absolute Gasteiger partial charge is 0.253 e. The van der Waals surface area contributed by atoms with Gasteiger partial charge in [-0.05, 0) is 47.4 Å². The molecule has 1 heterocycles. The molecular weight excluding hydrogens is 420 g/mol. The third-order valence-electron chi connectivity index (χ3n) is 5.81. The van der Waals surface area contributed by atoms with Gasteiger partial charge in [0.1, 0.15) is 0 Å². The summed E-state index contributed by atoms with van der Waals surface area (Å²) in [7, 11) is 4.65. The second-order valence-electron chi connectivity index (χ2n) is 8.19. The molecule has 2 amide bonds. The minimum Gasteiger partial charge on any atom is -0.493 e. The third-order valence-corrected chi connectivity index (χ3v) is 5.81. The Balaban J connectivity index is 1.60. The van der Waals surface area contributed by atoms with Gasteiger partial charge in [0.05, 0.1) is 21.3 Å². The van der Waals surface area contributed by atoms with Gasteiger partial charge < -0.3 is 24.0 Å². The van der Waals surface area contributed by atoms with Crippen LogP contribution in [0.1, 0.15) is 41.3 Å². The van der Waals surface area contributed by atoms with E-state index in [1.165, 1.54) is 11.6 Å². The van der Waals surface area contributed by atoms with Gasteiger partial charge in [-0.3, -0.25) is 9.59 Å². The standard InChI is InChI=1S/C26H32N2O5/c1-18(2)20-7-9-21(10-8-20)26(30)28-14-12-27(13-15-28)24(29)11-6-19-16-22(31-3)25(33-5)23(17-19)32-4/h6-11,16-18H,12-15H2,1-5H3/b11-6+. The summed E-state index contributed by atoms with van der Waals surface area (Å²) in [5.74, 6) is 1.89. The molecule has 1 saturated heterocycles. The summed E-state index contributed by atoms with van der Waals surface area (Å²) in [6.45, 7) is 6.26. The molecule has 0 radical (unpaired) electrons. The molecule has 7 heteroatoms. The molecule has 0 spiro atoms. The molecule has 0 atom stereocenters. The molecule has 0 N–H and O–H groups in total. The van der Waals surface area contributed by atoms with Gasteiger partial charge in [0, 0.05) is 37.8 Å². The lowest BCUT2D eigenvalue weighted by atomic mass is 10.0. The molecule has 0 bridgehead atoms. The highest BCUT2D eigenvalue weighted by Gasteiger charge is 2.24. The van der Waals surface area contributed by atoms with Crippen molar-refractivity contribution in [2.24, 2.45) is 0 Å². The van der Waals surface area contributed by atoms with Crippen molar-refractivity contribution in [2.45, 2.75) is 19.8 Å². The van der Waals surface area contributed by atoms with Gasteiger partial charge >= 0.3 is 0 Å². The second-order valence-corrected chi connectivity index (χ2v) is 8.19. The lowest BCUT2D eigenvalue weighted by molar-refractivity contribution is -0.127. The molecule has 0 unspecified atom stereocenters. The predicted molar refractivity (Wildman–Crippen MR) is 128 cm³/mol. The number of rotatable bonds is 7. The van der Waals surface area contributed by atoms with Crippen LogP contribution in [-0.2, 0) is 4.79 Å². The molecule has 1 fully saturated rings. The predicted octanol–water partition coefficient (Wildman–Crippen LogP) is 3.83. The molecule has 2 aromatic rings. The maximum atomic E-state index is 12.8. The third kappa shape index (κ3) is 5.66. The SMILES string of the molecule is COc1cc(/C=C/C(=O)N2CCN(C(=O)c3ccc(C(C)C)cc3)CC2)cc(OC)c1OC. The summed E-state index contributed by atoms with van der Waals surface area (Å²) < 4.78 is 16.0. The van der Waals surface area contributed by atoms with E-state index in [0.717, 1.165) is 5.56 Å². The van der Waals surface area contributed by atoms with Crippen LogP contribution in [0.25, 0.3) is 6.08 Å². The highest BCUT2D eigenvalue weighted by Crippen LogP contribution is 2.38. The Hall–Kier alpha value is -3.48. The van der Waals surface area contributed by atoms with Crippen molar-refractivity contribution in [2.75, 3.05) is 47.5 Å². The van der Waals surface area contributed by atoms with Gasteiger partial charge in [-0.1, -0.05) is 26.0 Å². The highest BCUT2D eigenvalue weighted by atomic mass is 16.5. The second kappa shape index (κ2) is 10.9. The molecule has 0 aromatic heterocycles. The van der Waals surface area contributed by atoms with E-state index in [1.54, 1.807) is 49.3 Å². The quantitative estimate of drug-likeness (QED) is 0.597. The number of amides is 2. The number of methoxy groups -OCH3 is 3. The first-order valence-corrected chi connectivity index (χ1v) is 11.0. The molecular formula is C26H32N2O5. The summed E-state index contributed by atoms with van der Waals surface area (Å²) in [4.78, 5) is 29.1. The summed E-state index contributed by atoms with van der Waals surface area (Å²) in [5, 5.41) is 0. The van der Waals surface area contributed by atoms with Crippen LogP contribution < -0.4 is 14.2 Å². The fraction of sp³-hybridized carbons (Fsp3) is 0.385. The Bertz CT molecular complexity index is 981. The molecule has 2 aromatic carbocycles. The van der Waals surface area contributed by atoms with Crippen molar-refractivity contribution < 1.29 is 23.8 Å². The number of hydrogen-bond donors (Lipinski definition) is 0. The van der Waals surface area contributed by atoms with E-state index >= 15 is 0 Å². The van der Waals surface area contributed by atoms with E-state index in [1.807, 2.05) is 24.3 Å². The molecule has 0 aliphatic carbocycles. The average molecular weight is 453 g/mol. The van der Waals surface area contributed by atoms with Crippen LogP contribution in [0, 0.1) is 0 Å². The summed E-state index contributed by atoms with van der Waals surface area (Å²) in [6.07, 6.45) is 3.25. The van der Waals surface area contributed by atoms with E-state index in [4.69, 9.17) is 14.2 Å². The lowest BCUT2D eigenvalue weighted by Gasteiger charge is -2.34. The highest BCUT2D eigenvalue weighted by molar-refractivity contribution is 5.95. The Morgan fingerprint density at radius 1 is 0.848 bits per heavy atom. The zero-order valence-corrected chi connectivity index (χ0v) is 20.0. The number of benzene rings is 2. The van der Waals surface area contributed by atoms with Crippen LogP contribution >= 0.6 is 0 Å². The molecule has 176 valence electrons. The normalized spacial score (nSPS) is 14.0. The topological polar surface area (TPSA) is 68.3 Å². The summed E-state index contributed by atoms with van der Waals surface area (Å²) in [5.41, 5.74) is 2.65. The van der Waals surface area contributed by atoms with Gasteiger partial charge in [0.2, 0.25) is 11.7 Å². The fourth-order valence-corrected chi connectivity index (χ4v) is 3.79. The zero-order valence-electron chi connectivity index (χ0n) is 20.0. The molecule has 1 aliphatic rings. The first kappa shape index (κ1) is 24.2. The van der Waals surface area contributed by atoms with Crippen LogP contribution in [0.4, 0.5) is 0 Å². The number of hydrogen-bond acceptors (Lipinski definition) is 5. The number of ether oxygens (including phenoxy) is 3. The van der Waals surface area contributed by atoms with Gasteiger partial charge in [-0.25, -0.2) is 0 Å². The van der Waals surface area contributed by atoms with Crippen LogP contribution in [-0.4, -0.2) is 69.1 Å². The fourth-order valence-electron chi connectivity index (χ4n) is 3.79. The van der Waals surface area contributed by atoms with Gasteiger partial charge in [-0.15, -0.1) is 0 Å². The van der Waals surface area contributed by atoms with Gasteiger partial charge in [-0.2, -0.15) is 0 Å². The maximum Gasteiger partial charge on any atom is 0.253 e. The zero-order chi connectivity index (χ0) is 24.0. The van der Waals surface area contributed by atoms with Crippen molar-refractivity contribution in [3.8, 4) is 17.2 Å². The summed E-state index contributed by atoms with van der Waals surface area (Å²) in [6, 6.07) is 11.3. The Labute approximate surface area is 195 Å². The monoisotopic (exact) mass is 452 g/mol. The lowest BCUT2D eigenvalue weighted by Crippen LogP contribution is -2.50. The number of carbonyl (C=O) groups excluding carboxylic acids is 2. The molecule has 7 nitrogen and oxygen atoms in total. The van der Waals surface area contributed by atoms with E-state index in [2.05, 4.69) is 13.8 Å². The maximum absolute atomic E-state index is 12.8. The number of piperazine rings is 1. The first-order valence-electron chi connectivity index (χ1n) is 11.0. The van der Waals surface area contributed by atoms with Crippen molar-refractivity contribution in [3.63, 3.8) is 0 Å². The van der Waals surface area contributed by atoms with E-state index in [9.17, 15) is 9.59 Å². The molecule has 1 aliphatic heterocycles. The van der Waals surface area contributed by atoms with E-state index in [-0.39, 0.29) is 11.8 Å². The largest absolute Gasteiger partial charge is 0.493 e. The van der Waals surface area contributed by atoms with Crippen LogP contribution in [0.2, 0.25) is 0 Å². The first-order chi connectivity index (χ1) is 15.9. The van der Waals surface area contributed by atoms with Crippen LogP contribution in [0.5, 0.6) is 17.2 Å². The Morgan fingerprint density at radius 3 is 1.88 bits per heavy atom. The minimum absolute atomic E-state index is 0.00497. The molecule has 33 heavy (non-hydrogen) atoms. The van der Waals surface area contributed by atoms with Gasteiger partial charge in [0.15, 0.2) is 11.5 Å². The molecule has 0 saturated carbocycles. The van der Waals surface area contributed by atoms with Crippen molar-refractivity contribution >= 4 is 17.9 Å². The van der Waals surface area contributed by atoms with Crippen molar-refractivity contribution in [1.29, 1.82) is 0 Å². The number of nitrogens with zero attached hydrogens (tertiary/aromatic N) is 2. The number of carbonyl (C=O) groups is 2.